The summed E-state index contributed by atoms with van der Waals surface area (Å²) in [7, 11) is 0. The number of aliphatic imine (C=N–C) groups is 2. The minimum atomic E-state index is 0.0365. The number of ether oxygens (including phenoxy) is 1. The van der Waals surface area contributed by atoms with Crippen LogP contribution < -0.4 is 5.73 Å². The van der Waals surface area contributed by atoms with Crippen LogP contribution in [0, 0.1) is 0 Å². The minimum Gasteiger partial charge on any atom is -0.379 e. The Bertz CT molecular complexity index is 1090. The van der Waals surface area contributed by atoms with Gasteiger partial charge < -0.3 is 15.4 Å². The van der Waals surface area contributed by atoms with Crippen molar-refractivity contribution in [2.75, 3.05) is 32.0 Å². The number of fused-ring (bicyclic) bond motifs is 1. The van der Waals surface area contributed by atoms with Crippen LogP contribution in [0.1, 0.15) is 37.0 Å². The van der Waals surface area contributed by atoms with Crippen molar-refractivity contribution in [3.8, 4) is 0 Å². The highest BCUT2D eigenvalue weighted by atomic mass is 16.5. The third kappa shape index (κ3) is 4.54. The summed E-state index contributed by atoms with van der Waals surface area (Å²) in [6.07, 6.45) is 8.64. The number of morpholine rings is 1. The predicted molar refractivity (Wildman–Crippen MR) is 131 cm³/mol. The first-order chi connectivity index (χ1) is 16.1. The van der Waals surface area contributed by atoms with Crippen molar-refractivity contribution < 1.29 is 4.74 Å². The molecule has 0 bridgehead atoms. The molecule has 0 spiro atoms. The molecular formula is C25H31N7O. The Morgan fingerprint density at radius 1 is 1.15 bits per heavy atom. The van der Waals surface area contributed by atoms with Crippen LogP contribution in [-0.4, -0.2) is 70.5 Å². The van der Waals surface area contributed by atoms with Crippen LogP contribution in [0.25, 0.3) is 5.57 Å². The van der Waals surface area contributed by atoms with E-state index >= 15 is 0 Å². The number of rotatable bonds is 4. The molecule has 1 aromatic carbocycles. The number of aryl methyl sites for hydroxylation is 1. The molecular weight excluding hydrogens is 414 g/mol. The van der Waals surface area contributed by atoms with Gasteiger partial charge in [0.15, 0.2) is 5.84 Å². The first kappa shape index (κ1) is 21.7. The van der Waals surface area contributed by atoms with E-state index in [9.17, 15) is 0 Å². The normalized spacial score (nSPS) is 24.7. The Labute approximate surface area is 194 Å². The van der Waals surface area contributed by atoms with Crippen LogP contribution in [0.3, 0.4) is 0 Å². The Balaban J connectivity index is 1.49. The van der Waals surface area contributed by atoms with Crippen molar-refractivity contribution in [2.24, 2.45) is 9.98 Å². The van der Waals surface area contributed by atoms with Gasteiger partial charge in [0.1, 0.15) is 11.9 Å². The molecule has 0 saturated carbocycles. The quantitative estimate of drug-likeness (QED) is 0.778. The summed E-state index contributed by atoms with van der Waals surface area (Å²) in [5.41, 5.74) is 11.4. The highest BCUT2D eigenvalue weighted by Crippen LogP contribution is 2.30. The van der Waals surface area contributed by atoms with Crippen LogP contribution in [0.15, 0.2) is 52.3 Å². The molecule has 5 rings (SSSR count). The smallest absolute Gasteiger partial charge is 0.219 e. The van der Waals surface area contributed by atoms with Gasteiger partial charge in [-0.05, 0) is 49.8 Å². The second-order valence-electron chi connectivity index (χ2n) is 8.85. The monoisotopic (exact) mass is 445 g/mol. The van der Waals surface area contributed by atoms with Crippen LogP contribution in [0.4, 0.5) is 5.95 Å². The second kappa shape index (κ2) is 9.41. The third-order valence-corrected chi connectivity index (χ3v) is 6.83. The molecule has 1 fully saturated rings. The van der Waals surface area contributed by atoms with E-state index in [0.717, 1.165) is 68.2 Å². The molecule has 8 heteroatoms. The average molecular weight is 446 g/mol. The molecule has 2 aromatic rings. The van der Waals surface area contributed by atoms with Gasteiger partial charge in [0.2, 0.25) is 5.95 Å². The molecule has 8 nitrogen and oxygen atoms in total. The lowest BCUT2D eigenvalue weighted by Crippen LogP contribution is -2.44. The number of hydrogen-bond donors (Lipinski definition) is 1. The van der Waals surface area contributed by atoms with Gasteiger partial charge in [-0.2, -0.15) is 0 Å². The van der Waals surface area contributed by atoms with E-state index in [4.69, 9.17) is 20.5 Å². The second-order valence-corrected chi connectivity index (χ2v) is 8.85. The number of benzene rings is 1. The highest BCUT2D eigenvalue weighted by molar-refractivity contribution is 6.13. The van der Waals surface area contributed by atoms with Crippen molar-refractivity contribution in [2.45, 2.75) is 45.3 Å². The molecule has 172 valence electrons. The predicted octanol–water partition coefficient (Wildman–Crippen LogP) is 2.77. The lowest BCUT2D eigenvalue weighted by molar-refractivity contribution is 0.0218. The summed E-state index contributed by atoms with van der Waals surface area (Å²) in [5, 5.41) is 0. The molecule has 2 aliphatic heterocycles. The molecule has 3 heterocycles. The van der Waals surface area contributed by atoms with Crippen LogP contribution in [0.5, 0.6) is 0 Å². The van der Waals surface area contributed by atoms with E-state index in [0.29, 0.717) is 6.04 Å². The zero-order chi connectivity index (χ0) is 22.8. The van der Waals surface area contributed by atoms with Crippen molar-refractivity contribution in [1.29, 1.82) is 0 Å². The first-order valence-corrected chi connectivity index (χ1v) is 11.7. The molecule has 2 atom stereocenters. The zero-order valence-corrected chi connectivity index (χ0v) is 19.3. The average Bonchev–Trinajstić information content (AvgIpc) is 3.27. The van der Waals surface area contributed by atoms with Gasteiger partial charge in [-0.15, -0.1) is 0 Å². The molecule has 1 aliphatic carbocycles. The maximum absolute atomic E-state index is 5.70. The van der Waals surface area contributed by atoms with Gasteiger partial charge >= 0.3 is 0 Å². The summed E-state index contributed by atoms with van der Waals surface area (Å²) in [4.78, 5) is 23.1. The Morgan fingerprint density at radius 3 is 2.64 bits per heavy atom. The number of amidine groups is 1. The minimum absolute atomic E-state index is 0.0365. The van der Waals surface area contributed by atoms with Crippen molar-refractivity contribution in [3.05, 3.63) is 59.0 Å². The largest absolute Gasteiger partial charge is 0.379 e. The lowest BCUT2D eigenvalue weighted by atomic mass is 9.87. The zero-order valence-electron chi connectivity index (χ0n) is 19.3. The molecule has 33 heavy (non-hydrogen) atoms. The fourth-order valence-corrected chi connectivity index (χ4v) is 4.81. The molecule has 0 amide bonds. The van der Waals surface area contributed by atoms with E-state index in [1.165, 1.54) is 11.1 Å². The molecule has 0 radical (unpaired) electrons. The number of aromatic nitrogens is 2. The summed E-state index contributed by atoms with van der Waals surface area (Å²) in [6, 6.07) is 9.08. The highest BCUT2D eigenvalue weighted by Gasteiger charge is 2.32. The van der Waals surface area contributed by atoms with Gasteiger partial charge in [-0.1, -0.05) is 24.3 Å². The van der Waals surface area contributed by atoms with E-state index in [2.05, 4.69) is 57.9 Å². The van der Waals surface area contributed by atoms with E-state index in [1.54, 1.807) is 12.4 Å². The number of allylic oxidation sites excluding steroid dienone is 1. The fraction of sp³-hybridized carbons (Fsp3) is 0.440. The number of nitrogen functional groups attached to an aromatic ring is 1. The Kier molecular flexibility index (Phi) is 6.20. The number of hydrogen-bond acceptors (Lipinski definition) is 7. The van der Waals surface area contributed by atoms with Crippen LogP contribution in [0.2, 0.25) is 0 Å². The van der Waals surface area contributed by atoms with Gasteiger partial charge in [0.05, 0.1) is 19.6 Å². The number of nitrogens with two attached hydrogens (primary N) is 1. The van der Waals surface area contributed by atoms with E-state index in [1.807, 2.05) is 6.34 Å². The third-order valence-electron chi connectivity index (χ3n) is 6.83. The first-order valence-electron chi connectivity index (χ1n) is 11.7. The topological polar surface area (TPSA) is 92.2 Å². The standard InChI is InChI=1S/C25H31N7O/c1-17(21-14-27-25(26)28-15-21)23-24(30-18(2)31-9-11-33-12-10-31)32(16-29-23)22-8-7-19-5-3-4-6-20(19)13-22/h3-6,14-16,18,22H,7-13H2,1-2H3,(H2,26,27,28)/b23-17-,30-24+. The molecule has 3 aliphatic rings. The summed E-state index contributed by atoms with van der Waals surface area (Å²) >= 11 is 0. The molecule has 1 saturated heterocycles. The van der Waals surface area contributed by atoms with Gasteiger partial charge in [-0.3, -0.25) is 4.90 Å². The number of anilines is 1. The molecule has 2 unspecified atom stereocenters. The summed E-state index contributed by atoms with van der Waals surface area (Å²) in [5.74, 6) is 1.19. The van der Waals surface area contributed by atoms with E-state index in [-0.39, 0.29) is 12.1 Å². The fourth-order valence-electron chi connectivity index (χ4n) is 4.81. The van der Waals surface area contributed by atoms with Crippen molar-refractivity contribution in [1.82, 2.24) is 19.8 Å². The van der Waals surface area contributed by atoms with Crippen molar-refractivity contribution in [3.63, 3.8) is 0 Å². The molecule has 1 aromatic heterocycles. The molecule has 2 N–H and O–H groups in total. The van der Waals surface area contributed by atoms with E-state index < -0.39 is 0 Å². The Hall–Kier alpha value is -3.10. The lowest BCUT2D eigenvalue weighted by Gasteiger charge is -2.34. The summed E-state index contributed by atoms with van der Waals surface area (Å²) < 4.78 is 5.54. The van der Waals surface area contributed by atoms with Crippen LogP contribution in [-0.2, 0) is 17.6 Å². The van der Waals surface area contributed by atoms with Gasteiger partial charge in [0.25, 0.3) is 0 Å². The van der Waals surface area contributed by atoms with Gasteiger partial charge in [0, 0.05) is 37.1 Å². The maximum Gasteiger partial charge on any atom is 0.219 e. The van der Waals surface area contributed by atoms with Crippen LogP contribution >= 0.6 is 0 Å². The Morgan fingerprint density at radius 2 is 1.88 bits per heavy atom. The maximum atomic E-state index is 5.70. The SMILES string of the molecule is C/C(=C1/N=CN(C2CCc3ccccc3C2)/C1=N/C(C)N1CCOCC1)c1cnc(N)nc1. The summed E-state index contributed by atoms with van der Waals surface area (Å²) in [6.45, 7) is 7.48. The number of nitrogens with zero attached hydrogens (tertiary/aromatic N) is 6. The van der Waals surface area contributed by atoms with Crippen molar-refractivity contribution >= 4 is 23.7 Å². The van der Waals surface area contributed by atoms with Gasteiger partial charge in [-0.25, -0.2) is 20.0 Å².